The van der Waals surface area contributed by atoms with Gasteiger partial charge >= 0.3 is 5.97 Å². The van der Waals surface area contributed by atoms with Crippen molar-refractivity contribution in [1.29, 1.82) is 0 Å². The number of carbonyl (C=O) groups excluding carboxylic acids is 1. The van der Waals surface area contributed by atoms with Crippen LogP contribution in [0.5, 0.6) is 0 Å². The number of hydrogen-bond acceptors (Lipinski definition) is 3. The van der Waals surface area contributed by atoms with Crippen LogP contribution in [0.4, 0.5) is 0 Å². The predicted octanol–water partition coefficient (Wildman–Crippen LogP) is 2.18. The summed E-state index contributed by atoms with van der Waals surface area (Å²) in [4.78, 5) is 22.8. The number of amides is 1. The van der Waals surface area contributed by atoms with Crippen molar-refractivity contribution in [2.45, 2.75) is 32.2 Å². The summed E-state index contributed by atoms with van der Waals surface area (Å²) in [5.74, 6) is -0.957. The molecule has 1 amide bonds. The van der Waals surface area contributed by atoms with Crippen LogP contribution >= 0.6 is 11.3 Å². The normalized spacial score (nSPS) is 12.1. The number of thiophene rings is 1. The molecule has 0 unspecified atom stereocenters. The quantitative estimate of drug-likeness (QED) is 0.802. The molecule has 1 aromatic heterocycles. The molecular weight excluding hydrogens is 226 g/mol. The Balaban J connectivity index is 2.26. The fraction of sp³-hybridized carbons (Fsp3) is 0.455. The van der Waals surface area contributed by atoms with E-state index in [1.807, 2.05) is 24.4 Å². The van der Waals surface area contributed by atoms with E-state index in [-0.39, 0.29) is 24.8 Å². The molecule has 1 rings (SSSR count). The van der Waals surface area contributed by atoms with Crippen LogP contribution in [0.3, 0.4) is 0 Å². The van der Waals surface area contributed by atoms with Gasteiger partial charge < -0.3 is 10.4 Å². The zero-order valence-electron chi connectivity index (χ0n) is 9.10. The van der Waals surface area contributed by atoms with Gasteiger partial charge in [-0.25, -0.2) is 0 Å². The molecule has 0 saturated heterocycles. The second kappa shape index (κ2) is 6.27. The number of carboxylic acid groups (broad SMARTS) is 1. The minimum Gasteiger partial charge on any atom is -0.481 e. The van der Waals surface area contributed by atoms with Gasteiger partial charge in [-0.1, -0.05) is 6.07 Å². The Kier molecular flexibility index (Phi) is 4.98. The molecule has 16 heavy (non-hydrogen) atoms. The maximum absolute atomic E-state index is 11.4. The summed E-state index contributed by atoms with van der Waals surface area (Å²) < 4.78 is 0. The Labute approximate surface area is 98.3 Å². The zero-order valence-corrected chi connectivity index (χ0v) is 9.92. The SMILES string of the molecule is C[C@H](NC(=O)CCCC(=O)O)c1cccs1. The molecule has 0 radical (unpaired) electrons. The van der Waals surface area contributed by atoms with Gasteiger partial charge in [-0.2, -0.15) is 0 Å². The van der Waals surface area contributed by atoms with Crippen LogP contribution in [0.15, 0.2) is 17.5 Å². The summed E-state index contributed by atoms with van der Waals surface area (Å²) >= 11 is 1.59. The number of rotatable bonds is 6. The second-order valence-electron chi connectivity index (χ2n) is 3.55. The van der Waals surface area contributed by atoms with E-state index in [1.165, 1.54) is 0 Å². The third-order valence-electron chi connectivity index (χ3n) is 2.14. The van der Waals surface area contributed by atoms with Crippen molar-refractivity contribution in [1.82, 2.24) is 5.32 Å². The number of carboxylic acids is 1. The summed E-state index contributed by atoms with van der Waals surface area (Å²) in [6, 6.07) is 3.90. The van der Waals surface area contributed by atoms with E-state index in [0.717, 1.165) is 4.88 Å². The highest BCUT2D eigenvalue weighted by molar-refractivity contribution is 7.10. The van der Waals surface area contributed by atoms with Gasteiger partial charge in [0.2, 0.25) is 5.91 Å². The molecule has 1 atom stereocenters. The molecule has 0 spiro atoms. The summed E-state index contributed by atoms with van der Waals surface area (Å²) in [5.41, 5.74) is 0. The maximum Gasteiger partial charge on any atom is 0.303 e. The van der Waals surface area contributed by atoms with Crippen molar-refractivity contribution in [3.63, 3.8) is 0 Å². The van der Waals surface area contributed by atoms with Crippen molar-refractivity contribution in [2.75, 3.05) is 0 Å². The summed E-state index contributed by atoms with van der Waals surface area (Å²) in [6.45, 7) is 1.92. The van der Waals surface area contributed by atoms with Gasteiger partial charge in [-0.05, 0) is 24.8 Å². The molecule has 0 aliphatic rings. The molecule has 88 valence electrons. The lowest BCUT2D eigenvalue weighted by atomic mass is 10.2. The van der Waals surface area contributed by atoms with Crippen molar-refractivity contribution in [2.24, 2.45) is 0 Å². The van der Waals surface area contributed by atoms with Gasteiger partial charge in [-0.3, -0.25) is 9.59 Å². The third-order valence-corrected chi connectivity index (χ3v) is 3.20. The van der Waals surface area contributed by atoms with Gasteiger partial charge in [-0.15, -0.1) is 11.3 Å². The Bertz CT molecular complexity index is 348. The van der Waals surface area contributed by atoms with E-state index < -0.39 is 5.97 Å². The standard InChI is InChI=1S/C11H15NO3S/c1-8(9-4-3-7-16-9)12-10(13)5-2-6-11(14)15/h3-4,7-8H,2,5-6H2,1H3,(H,12,13)(H,14,15)/t8-/m0/s1. The molecule has 1 heterocycles. The minimum absolute atomic E-state index is 0.00247. The van der Waals surface area contributed by atoms with Gasteiger partial charge in [0.05, 0.1) is 6.04 Å². The molecular formula is C11H15NO3S. The molecule has 4 nitrogen and oxygen atoms in total. The highest BCUT2D eigenvalue weighted by atomic mass is 32.1. The van der Waals surface area contributed by atoms with Crippen LogP contribution < -0.4 is 5.32 Å². The van der Waals surface area contributed by atoms with E-state index >= 15 is 0 Å². The van der Waals surface area contributed by atoms with Crippen LogP contribution in [-0.2, 0) is 9.59 Å². The van der Waals surface area contributed by atoms with Gasteiger partial charge in [0.25, 0.3) is 0 Å². The molecule has 2 N–H and O–H groups in total. The average Bonchev–Trinajstić information content (AvgIpc) is 2.69. The Morgan fingerprint density at radius 1 is 1.50 bits per heavy atom. The number of aliphatic carboxylic acids is 1. The second-order valence-corrected chi connectivity index (χ2v) is 4.53. The molecule has 0 fully saturated rings. The van der Waals surface area contributed by atoms with E-state index in [4.69, 9.17) is 5.11 Å². The van der Waals surface area contributed by atoms with E-state index in [2.05, 4.69) is 5.32 Å². The summed E-state index contributed by atoms with van der Waals surface area (Å²) in [6.07, 6.45) is 0.696. The highest BCUT2D eigenvalue weighted by Crippen LogP contribution is 2.18. The lowest BCUT2D eigenvalue weighted by Gasteiger charge is -2.11. The molecule has 0 bridgehead atoms. The van der Waals surface area contributed by atoms with Crippen molar-refractivity contribution in [3.05, 3.63) is 22.4 Å². The Morgan fingerprint density at radius 3 is 2.81 bits per heavy atom. The monoisotopic (exact) mass is 241 g/mol. The van der Waals surface area contributed by atoms with Crippen LogP contribution in [0.25, 0.3) is 0 Å². The lowest BCUT2D eigenvalue weighted by molar-refractivity contribution is -0.137. The third kappa shape index (κ3) is 4.44. The van der Waals surface area contributed by atoms with E-state index in [0.29, 0.717) is 6.42 Å². The number of carbonyl (C=O) groups is 2. The fourth-order valence-corrected chi connectivity index (χ4v) is 2.06. The summed E-state index contributed by atoms with van der Waals surface area (Å²) in [5, 5.41) is 13.2. The highest BCUT2D eigenvalue weighted by Gasteiger charge is 2.10. The Morgan fingerprint density at radius 2 is 2.25 bits per heavy atom. The van der Waals surface area contributed by atoms with Crippen LogP contribution in [0.2, 0.25) is 0 Å². The molecule has 0 aromatic carbocycles. The van der Waals surface area contributed by atoms with Gasteiger partial charge in [0.1, 0.15) is 0 Å². The van der Waals surface area contributed by atoms with Crippen molar-refractivity contribution in [3.8, 4) is 0 Å². The first kappa shape index (κ1) is 12.7. The van der Waals surface area contributed by atoms with Crippen LogP contribution in [0, 0.1) is 0 Å². The average molecular weight is 241 g/mol. The maximum atomic E-state index is 11.4. The lowest BCUT2D eigenvalue weighted by Crippen LogP contribution is -2.25. The van der Waals surface area contributed by atoms with E-state index in [1.54, 1.807) is 11.3 Å². The molecule has 1 aromatic rings. The first-order valence-corrected chi connectivity index (χ1v) is 6.02. The number of hydrogen-bond donors (Lipinski definition) is 2. The first-order chi connectivity index (χ1) is 7.59. The largest absolute Gasteiger partial charge is 0.481 e. The van der Waals surface area contributed by atoms with Crippen molar-refractivity contribution < 1.29 is 14.7 Å². The van der Waals surface area contributed by atoms with E-state index in [9.17, 15) is 9.59 Å². The van der Waals surface area contributed by atoms with Crippen LogP contribution in [0.1, 0.15) is 37.1 Å². The molecule has 5 heteroatoms. The topological polar surface area (TPSA) is 66.4 Å². The fourth-order valence-electron chi connectivity index (χ4n) is 1.32. The molecule has 0 aliphatic carbocycles. The molecule has 0 aliphatic heterocycles. The van der Waals surface area contributed by atoms with Crippen molar-refractivity contribution >= 4 is 23.2 Å². The smallest absolute Gasteiger partial charge is 0.303 e. The Hall–Kier alpha value is -1.36. The van der Waals surface area contributed by atoms with Gasteiger partial charge in [0, 0.05) is 17.7 Å². The predicted molar refractivity (Wildman–Crippen MR) is 62.4 cm³/mol. The first-order valence-electron chi connectivity index (χ1n) is 5.14. The van der Waals surface area contributed by atoms with Gasteiger partial charge in [0.15, 0.2) is 0 Å². The van der Waals surface area contributed by atoms with Crippen LogP contribution in [-0.4, -0.2) is 17.0 Å². The number of nitrogens with one attached hydrogen (secondary N) is 1. The molecule has 0 saturated carbocycles. The minimum atomic E-state index is -0.862. The zero-order chi connectivity index (χ0) is 12.0. The summed E-state index contributed by atoms with van der Waals surface area (Å²) in [7, 11) is 0.